The lowest BCUT2D eigenvalue weighted by Crippen LogP contribution is -2.27. The number of fused-ring (bicyclic) bond motifs is 1. The second kappa shape index (κ2) is 7.33. The molecule has 1 amide bonds. The molecule has 1 aromatic carbocycles. The Morgan fingerprint density at radius 3 is 2.85 bits per heavy atom. The van der Waals surface area contributed by atoms with Gasteiger partial charge in [-0.15, -0.1) is 11.3 Å². The van der Waals surface area contributed by atoms with Crippen molar-refractivity contribution < 1.29 is 9.59 Å². The smallest absolute Gasteiger partial charge is 0.225 e. The number of allylic oxidation sites excluding steroid dienone is 1. The summed E-state index contributed by atoms with van der Waals surface area (Å²) in [6, 6.07) is 9.38. The van der Waals surface area contributed by atoms with Crippen LogP contribution >= 0.6 is 11.3 Å². The highest BCUT2D eigenvalue weighted by atomic mass is 32.1. The number of rotatable bonds is 5. The van der Waals surface area contributed by atoms with Crippen molar-refractivity contribution in [3.8, 4) is 6.07 Å². The summed E-state index contributed by atoms with van der Waals surface area (Å²) in [5.41, 5.74) is 1.76. The highest BCUT2D eigenvalue weighted by Crippen LogP contribution is 2.24. The number of carbonyl (C=O) groups excluding carboxylic acids is 2. The van der Waals surface area contributed by atoms with Crippen molar-refractivity contribution in [2.45, 2.75) is 13.8 Å². The highest BCUT2D eigenvalue weighted by molar-refractivity contribution is 7.14. The van der Waals surface area contributed by atoms with Crippen LogP contribution in [0.15, 0.2) is 41.4 Å². The van der Waals surface area contributed by atoms with Gasteiger partial charge in [-0.25, -0.2) is 4.98 Å². The average molecular weight is 364 g/mol. The van der Waals surface area contributed by atoms with Gasteiger partial charge in [0.1, 0.15) is 11.6 Å². The first-order chi connectivity index (χ1) is 12.5. The Bertz CT molecular complexity index is 1050. The van der Waals surface area contributed by atoms with Gasteiger partial charge in [0.15, 0.2) is 5.13 Å². The van der Waals surface area contributed by atoms with Gasteiger partial charge in [-0.2, -0.15) is 5.26 Å². The fourth-order valence-corrected chi connectivity index (χ4v) is 3.55. The van der Waals surface area contributed by atoms with Crippen LogP contribution in [0.5, 0.6) is 0 Å². The monoisotopic (exact) mass is 364 g/mol. The van der Waals surface area contributed by atoms with Gasteiger partial charge in [-0.3, -0.25) is 14.5 Å². The van der Waals surface area contributed by atoms with E-state index in [2.05, 4.69) is 9.97 Å². The van der Waals surface area contributed by atoms with Crippen LogP contribution in [0.2, 0.25) is 0 Å². The van der Waals surface area contributed by atoms with Crippen LogP contribution in [0.1, 0.15) is 29.9 Å². The Morgan fingerprint density at radius 2 is 2.15 bits per heavy atom. The van der Waals surface area contributed by atoms with E-state index in [1.54, 1.807) is 11.6 Å². The van der Waals surface area contributed by atoms with Crippen molar-refractivity contribution in [1.29, 1.82) is 5.26 Å². The number of para-hydroxylation sites is 1. The number of nitrogens with zero attached hydrogens (tertiary/aromatic N) is 3. The van der Waals surface area contributed by atoms with E-state index in [1.165, 1.54) is 29.2 Å². The van der Waals surface area contributed by atoms with E-state index in [4.69, 9.17) is 0 Å². The molecule has 0 saturated carbocycles. The lowest BCUT2D eigenvalue weighted by atomic mass is 10.0. The molecule has 0 radical (unpaired) electrons. The molecule has 6 nitrogen and oxygen atoms in total. The van der Waals surface area contributed by atoms with E-state index >= 15 is 0 Å². The first-order valence-electron chi connectivity index (χ1n) is 8.01. The number of nitrogens with one attached hydrogen (secondary N) is 1. The predicted molar refractivity (Wildman–Crippen MR) is 102 cm³/mol. The van der Waals surface area contributed by atoms with Crippen molar-refractivity contribution in [1.82, 2.24) is 9.97 Å². The summed E-state index contributed by atoms with van der Waals surface area (Å²) in [7, 11) is 0. The Morgan fingerprint density at radius 1 is 1.38 bits per heavy atom. The van der Waals surface area contributed by atoms with Crippen molar-refractivity contribution in [2.24, 2.45) is 0 Å². The van der Waals surface area contributed by atoms with E-state index in [9.17, 15) is 14.9 Å². The summed E-state index contributed by atoms with van der Waals surface area (Å²) >= 11 is 1.30. The van der Waals surface area contributed by atoms with Crippen molar-refractivity contribution in [3.63, 3.8) is 0 Å². The Hall–Kier alpha value is -3.24. The molecule has 2 heterocycles. The van der Waals surface area contributed by atoms with Crippen molar-refractivity contribution in [2.75, 3.05) is 11.4 Å². The summed E-state index contributed by atoms with van der Waals surface area (Å²) < 4.78 is 0. The van der Waals surface area contributed by atoms with Gasteiger partial charge < -0.3 is 4.98 Å². The molecule has 26 heavy (non-hydrogen) atoms. The van der Waals surface area contributed by atoms with Crippen LogP contribution in [0.3, 0.4) is 0 Å². The molecule has 0 spiro atoms. The fraction of sp³-hybridized carbons (Fsp3) is 0.158. The minimum absolute atomic E-state index is 0.00234. The number of hydrogen-bond acceptors (Lipinski definition) is 5. The number of thiazole rings is 1. The fourth-order valence-electron chi connectivity index (χ4n) is 2.66. The molecule has 3 aromatic rings. The summed E-state index contributed by atoms with van der Waals surface area (Å²) in [4.78, 5) is 33.3. The number of aromatic amines is 1. The van der Waals surface area contributed by atoms with E-state index in [0.717, 1.165) is 10.9 Å². The first kappa shape index (κ1) is 17.6. The lowest BCUT2D eigenvalue weighted by molar-refractivity contribution is -0.116. The molecule has 0 aliphatic carbocycles. The second-order valence-electron chi connectivity index (χ2n) is 5.57. The average Bonchev–Trinajstić information content (AvgIpc) is 3.26. The van der Waals surface area contributed by atoms with Gasteiger partial charge in [0, 0.05) is 41.5 Å². The van der Waals surface area contributed by atoms with Crippen LogP contribution in [-0.2, 0) is 4.79 Å². The minimum atomic E-state index is -0.363. The minimum Gasteiger partial charge on any atom is -0.360 e. The Kier molecular flexibility index (Phi) is 4.96. The molecule has 7 heteroatoms. The number of anilines is 1. The Balaban J connectivity index is 1.94. The third-order valence-electron chi connectivity index (χ3n) is 3.93. The van der Waals surface area contributed by atoms with Crippen LogP contribution in [0.25, 0.3) is 17.0 Å². The van der Waals surface area contributed by atoms with Gasteiger partial charge in [0.2, 0.25) is 11.7 Å². The molecule has 3 rings (SSSR count). The van der Waals surface area contributed by atoms with Crippen LogP contribution in [0, 0.1) is 11.3 Å². The molecule has 0 bridgehead atoms. The zero-order valence-electron chi connectivity index (χ0n) is 14.3. The Labute approximate surface area is 154 Å². The summed E-state index contributed by atoms with van der Waals surface area (Å²) in [5.74, 6) is -0.467. The van der Waals surface area contributed by atoms with E-state index in [1.807, 2.05) is 37.3 Å². The zero-order chi connectivity index (χ0) is 18.7. The maximum Gasteiger partial charge on any atom is 0.225 e. The number of ketones is 1. The molecule has 0 aliphatic heterocycles. The number of hydrogen-bond donors (Lipinski definition) is 1. The lowest BCUT2D eigenvalue weighted by Gasteiger charge is -2.14. The molecule has 1 N–H and O–H groups in total. The number of carbonyl (C=O) groups is 2. The SMILES string of the molecule is CCN(C(C)=O)c1nc(/C=C(\C#N)C(=O)c2c[nH]c3ccccc23)cs1. The molecular weight excluding hydrogens is 348 g/mol. The summed E-state index contributed by atoms with van der Waals surface area (Å²) in [5, 5.41) is 12.5. The van der Waals surface area contributed by atoms with Gasteiger partial charge in [0.25, 0.3) is 0 Å². The predicted octanol–water partition coefficient (Wildman–Crippen LogP) is 3.79. The number of amides is 1. The molecule has 0 aliphatic rings. The summed E-state index contributed by atoms with van der Waals surface area (Å²) in [6.45, 7) is 3.84. The van der Waals surface area contributed by atoms with E-state index < -0.39 is 0 Å². The van der Waals surface area contributed by atoms with Crippen LogP contribution in [-0.4, -0.2) is 28.2 Å². The largest absolute Gasteiger partial charge is 0.360 e. The number of aromatic nitrogens is 2. The van der Waals surface area contributed by atoms with Gasteiger partial charge in [-0.1, -0.05) is 18.2 Å². The molecule has 0 saturated heterocycles. The summed E-state index contributed by atoms with van der Waals surface area (Å²) in [6.07, 6.45) is 3.07. The standard InChI is InChI=1S/C19H16N4O2S/c1-3-23(12(2)24)19-22-14(11-26-19)8-13(9-20)18(25)16-10-21-17-7-5-4-6-15(16)17/h4-8,10-11,21H,3H2,1-2H3/b13-8+. The quantitative estimate of drug-likeness (QED) is 0.424. The first-order valence-corrected chi connectivity index (χ1v) is 8.89. The normalized spacial score (nSPS) is 11.3. The molecular formula is C19H16N4O2S. The molecule has 0 fully saturated rings. The number of benzene rings is 1. The maximum atomic E-state index is 12.8. The van der Waals surface area contributed by atoms with Crippen molar-refractivity contribution >= 4 is 45.1 Å². The molecule has 2 aromatic heterocycles. The zero-order valence-corrected chi connectivity index (χ0v) is 15.1. The topological polar surface area (TPSA) is 89.8 Å². The van der Waals surface area contributed by atoms with E-state index in [0.29, 0.717) is 22.9 Å². The van der Waals surface area contributed by atoms with Crippen LogP contribution < -0.4 is 4.90 Å². The molecule has 0 unspecified atom stereocenters. The van der Waals surface area contributed by atoms with Gasteiger partial charge >= 0.3 is 0 Å². The highest BCUT2D eigenvalue weighted by Gasteiger charge is 2.18. The third-order valence-corrected chi connectivity index (χ3v) is 4.81. The van der Waals surface area contributed by atoms with Gasteiger partial charge in [-0.05, 0) is 19.1 Å². The van der Waals surface area contributed by atoms with Crippen LogP contribution in [0.4, 0.5) is 5.13 Å². The third kappa shape index (κ3) is 3.27. The second-order valence-corrected chi connectivity index (χ2v) is 6.40. The maximum absolute atomic E-state index is 12.8. The molecule has 0 atom stereocenters. The van der Waals surface area contributed by atoms with Crippen molar-refractivity contribution in [3.05, 3.63) is 52.7 Å². The number of Topliss-reactive ketones (excluding diaryl/α,β-unsaturated/α-hetero) is 1. The van der Waals surface area contributed by atoms with Gasteiger partial charge in [0.05, 0.1) is 5.69 Å². The van der Waals surface area contributed by atoms with E-state index in [-0.39, 0.29) is 17.3 Å². The number of H-pyrrole nitrogens is 1. The number of nitriles is 1. The molecule has 130 valence electrons.